The van der Waals surface area contributed by atoms with Crippen LogP contribution in [0, 0.1) is 18.2 Å². The summed E-state index contributed by atoms with van der Waals surface area (Å²) in [5.41, 5.74) is 0.725. The number of carbonyl (C=O) groups is 1. The number of nitrogens with one attached hydrogen (secondary N) is 1. The van der Waals surface area contributed by atoms with E-state index in [1.165, 1.54) is 6.07 Å². The Bertz CT molecular complexity index is 612. The van der Waals surface area contributed by atoms with Crippen molar-refractivity contribution in [3.63, 3.8) is 0 Å². The summed E-state index contributed by atoms with van der Waals surface area (Å²) < 4.78 is 19.3. The maximum atomic E-state index is 13.6. The SMILES string of the molecule is CCO[C@@H]1C[C@H](O)C12CCN(C(=O)Nc1cccc(F)c1C)CC2. The number of halogens is 1. The first-order chi connectivity index (χ1) is 11.5. The van der Waals surface area contributed by atoms with Gasteiger partial charge in [0.15, 0.2) is 0 Å². The third-order valence-corrected chi connectivity index (χ3v) is 5.60. The first-order valence-corrected chi connectivity index (χ1v) is 8.58. The van der Waals surface area contributed by atoms with Gasteiger partial charge in [-0.2, -0.15) is 0 Å². The van der Waals surface area contributed by atoms with Crippen LogP contribution in [0.2, 0.25) is 0 Å². The molecule has 1 saturated carbocycles. The standard InChI is InChI=1S/C18H25FN2O3/c1-3-24-16-11-15(22)18(16)7-9-21(10-8-18)17(23)20-14-6-4-5-13(19)12(14)2/h4-6,15-16,22H,3,7-11H2,1-2H3,(H,20,23)/t15-,16+/m0/s1. The van der Waals surface area contributed by atoms with E-state index in [4.69, 9.17) is 4.74 Å². The Hall–Kier alpha value is -1.66. The fraction of sp³-hybridized carbons (Fsp3) is 0.611. The zero-order valence-electron chi connectivity index (χ0n) is 14.2. The molecule has 2 amide bonds. The predicted molar refractivity (Wildman–Crippen MR) is 89.4 cm³/mol. The van der Waals surface area contributed by atoms with Gasteiger partial charge in [0, 0.05) is 42.8 Å². The molecule has 0 aromatic heterocycles. The van der Waals surface area contributed by atoms with Crippen LogP contribution in [0.3, 0.4) is 0 Å². The lowest BCUT2D eigenvalue weighted by Crippen LogP contribution is -2.63. The summed E-state index contributed by atoms with van der Waals surface area (Å²) in [5.74, 6) is -0.331. The average Bonchev–Trinajstić information content (AvgIpc) is 2.59. The minimum absolute atomic E-state index is 0.0909. The number of benzene rings is 1. The number of likely N-dealkylation sites (tertiary alicyclic amines) is 1. The molecular formula is C18H25FN2O3. The molecule has 1 heterocycles. The Morgan fingerprint density at radius 2 is 2.17 bits per heavy atom. The number of rotatable bonds is 3. The van der Waals surface area contributed by atoms with E-state index < -0.39 is 0 Å². The van der Waals surface area contributed by atoms with Crippen molar-refractivity contribution < 1.29 is 19.0 Å². The lowest BCUT2D eigenvalue weighted by atomic mass is 9.58. The van der Waals surface area contributed by atoms with Gasteiger partial charge < -0.3 is 20.1 Å². The van der Waals surface area contributed by atoms with Crippen molar-refractivity contribution in [3.8, 4) is 0 Å². The number of hydrogen-bond acceptors (Lipinski definition) is 3. The largest absolute Gasteiger partial charge is 0.392 e. The van der Waals surface area contributed by atoms with E-state index in [1.807, 2.05) is 6.92 Å². The highest BCUT2D eigenvalue weighted by molar-refractivity contribution is 5.90. The minimum atomic E-state index is -0.343. The van der Waals surface area contributed by atoms with Crippen molar-refractivity contribution in [2.75, 3.05) is 25.0 Å². The maximum absolute atomic E-state index is 13.6. The monoisotopic (exact) mass is 336 g/mol. The highest BCUT2D eigenvalue weighted by Crippen LogP contribution is 2.50. The van der Waals surface area contributed by atoms with E-state index in [0.29, 0.717) is 37.4 Å². The second-order valence-electron chi connectivity index (χ2n) is 6.76. The van der Waals surface area contributed by atoms with Crippen LogP contribution in [0.15, 0.2) is 18.2 Å². The molecule has 1 aliphatic carbocycles. The van der Waals surface area contributed by atoms with Crippen LogP contribution in [0.25, 0.3) is 0 Å². The van der Waals surface area contributed by atoms with E-state index in [0.717, 1.165) is 12.8 Å². The summed E-state index contributed by atoms with van der Waals surface area (Å²) in [6.07, 6.45) is 1.89. The number of aliphatic hydroxyl groups excluding tert-OH is 1. The zero-order chi connectivity index (χ0) is 17.3. The number of ether oxygens (including phenoxy) is 1. The number of nitrogens with zero attached hydrogens (tertiary/aromatic N) is 1. The van der Waals surface area contributed by atoms with Crippen molar-refractivity contribution in [1.82, 2.24) is 4.90 Å². The second-order valence-corrected chi connectivity index (χ2v) is 6.76. The molecule has 1 spiro atoms. The fourth-order valence-corrected chi connectivity index (χ4v) is 3.88. The maximum Gasteiger partial charge on any atom is 0.321 e. The van der Waals surface area contributed by atoms with E-state index in [2.05, 4.69) is 5.32 Å². The predicted octanol–water partition coefficient (Wildman–Crippen LogP) is 2.92. The smallest absolute Gasteiger partial charge is 0.321 e. The van der Waals surface area contributed by atoms with Crippen molar-refractivity contribution in [2.45, 2.75) is 45.3 Å². The van der Waals surface area contributed by atoms with E-state index >= 15 is 0 Å². The van der Waals surface area contributed by atoms with E-state index in [9.17, 15) is 14.3 Å². The third kappa shape index (κ3) is 2.89. The fourth-order valence-electron chi connectivity index (χ4n) is 3.88. The first-order valence-electron chi connectivity index (χ1n) is 8.58. The van der Waals surface area contributed by atoms with Gasteiger partial charge in [-0.1, -0.05) is 6.07 Å². The van der Waals surface area contributed by atoms with Crippen molar-refractivity contribution in [3.05, 3.63) is 29.6 Å². The molecule has 5 nitrogen and oxygen atoms in total. The lowest BCUT2D eigenvalue weighted by molar-refractivity contribution is -0.207. The van der Waals surface area contributed by atoms with Gasteiger partial charge in [-0.3, -0.25) is 0 Å². The summed E-state index contributed by atoms with van der Waals surface area (Å²) in [6.45, 7) is 5.39. The number of anilines is 1. The van der Waals surface area contributed by atoms with Crippen molar-refractivity contribution in [1.29, 1.82) is 0 Å². The Morgan fingerprint density at radius 3 is 2.79 bits per heavy atom. The molecule has 2 fully saturated rings. The molecule has 3 rings (SSSR count). The molecule has 2 aliphatic rings. The minimum Gasteiger partial charge on any atom is -0.392 e. The van der Waals surface area contributed by atoms with Gasteiger partial charge >= 0.3 is 6.03 Å². The Balaban J connectivity index is 1.60. The van der Waals surface area contributed by atoms with Crippen molar-refractivity contribution >= 4 is 11.7 Å². The number of urea groups is 1. The van der Waals surface area contributed by atoms with Crippen LogP contribution >= 0.6 is 0 Å². The molecule has 2 N–H and O–H groups in total. The lowest BCUT2D eigenvalue weighted by Gasteiger charge is -2.56. The zero-order valence-corrected chi connectivity index (χ0v) is 14.2. The summed E-state index contributed by atoms with van der Waals surface area (Å²) >= 11 is 0. The van der Waals surface area contributed by atoms with Crippen LogP contribution in [-0.4, -0.2) is 47.9 Å². The van der Waals surface area contributed by atoms with Gasteiger partial charge in [-0.05, 0) is 38.8 Å². The summed E-state index contributed by atoms with van der Waals surface area (Å²) in [4.78, 5) is 14.2. The number of amides is 2. The molecular weight excluding hydrogens is 311 g/mol. The highest BCUT2D eigenvalue weighted by atomic mass is 19.1. The molecule has 1 aromatic rings. The number of piperidine rings is 1. The number of aliphatic hydroxyl groups is 1. The Labute approximate surface area is 141 Å². The Kier molecular flexibility index (Phi) is 4.78. The molecule has 0 unspecified atom stereocenters. The average molecular weight is 336 g/mol. The van der Waals surface area contributed by atoms with E-state index in [1.54, 1.807) is 24.0 Å². The van der Waals surface area contributed by atoms with Crippen LogP contribution in [-0.2, 0) is 4.74 Å². The van der Waals surface area contributed by atoms with Gasteiger partial charge in [-0.15, -0.1) is 0 Å². The molecule has 1 saturated heterocycles. The number of hydrogen-bond donors (Lipinski definition) is 2. The van der Waals surface area contributed by atoms with Crippen LogP contribution in [0.1, 0.15) is 31.7 Å². The van der Waals surface area contributed by atoms with Crippen molar-refractivity contribution in [2.24, 2.45) is 5.41 Å². The Morgan fingerprint density at radius 1 is 1.46 bits per heavy atom. The molecule has 6 heteroatoms. The van der Waals surface area contributed by atoms with Crippen LogP contribution in [0.4, 0.5) is 14.9 Å². The van der Waals surface area contributed by atoms with Gasteiger partial charge in [0.25, 0.3) is 0 Å². The summed E-state index contributed by atoms with van der Waals surface area (Å²) in [6, 6.07) is 4.44. The topological polar surface area (TPSA) is 61.8 Å². The van der Waals surface area contributed by atoms with E-state index in [-0.39, 0.29) is 29.5 Å². The molecule has 1 aliphatic heterocycles. The van der Waals surface area contributed by atoms with Gasteiger partial charge in [0.1, 0.15) is 5.82 Å². The molecule has 0 radical (unpaired) electrons. The van der Waals surface area contributed by atoms with Crippen LogP contribution in [0.5, 0.6) is 0 Å². The molecule has 0 bridgehead atoms. The third-order valence-electron chi connectivity index (χ3n) is 5.60. The summed E-state index contributed by atoms with van der Waals surface area (Å²) in [5, 5.41) is 13.0. The molecule has 2 atom stereocenters. The molecule has 132 valence electrons. The first kappa shape index (κ1) is 17.2. The quantitative estimate of drug-likeness (QED) is 0.892. The second kappa shape index (κ2) is 6.69. The van der Waals surface area contributed by atoms with Gasteiger partial charge in [-0.25, -0.2) is 9.18 Å². The van der Waals surface area contributed by atoms with Gasteiger partial charge in [0.2, 0.25) is 0 Å². The normalized spacial score (nSPS) is 25.4. The van der Waals surface area contributed by atoms with Crippen LogP contribution < -0.4 is 5.32 Å². The summed E-state index contributed by atoms with van der Waals surface area (Å²) in [7, 11) is 0. The highest BCUT2D eigenvalue weighted by Gasteiger charge is 2.56. The molecule has 24 heavy (non-hydrogen) atoms. The molecule has 1 aromatic carbocycles. The van der Waals surface area contributed by atoms with Gasteiger partial charge in [0.05, 0.1) is 12.2 Å². The number of carbonyl (C=O) groups excluding carboxylic acids is 1.